The van der Waals surface area contributed by atoms with E-state index in [9.17, 15) is 18.0 Å². The molecular formula is C18H22ClF3N2O. The van der Waals surface area contributed by atoms with Crippen LogP contribution >= 0.6 is 11.6 Å². The predicted molar refractivity (Wildman–Crippen MR) is 90.6 cm³/mol. The zero-order valence-corrected chi connectivity index (χ0v) is 14.6. The van der Waals surface area contributed by atoms with E-state index < -0.39 is 11.7 Å². The minimum atomic E-state index is -2.48. The van der Waals surface area contributed by atoms with Gasteiger partial charge in [0, 0.05) is 35.5 Å². The van der Waals surface area contributed by atoms with Gasteiger partial charge in [0.15, 0.2) is 0 Å². The summed E-state index contributed by atoms with van der Waals surface area (Å²) in [5.41, 5.74) is 0.212. The lowest BCUT2D eigenvalue weighted by atomic mass is 9.86. The van der Waals surface area contributed by atoms with Gasteiger partial charge in [-0.2, -0.15) is 0 Å². The SMILES string of the molecule is O=C(NC1CC(NCC[C@H]2CCC(F)(F)C2)C1)c1cc(F)cc(Cl)c1. The molecule has 7 heteroatoms. The first kappa shape index (κ1) is 18.5. The highest BCUT2D eigenvalue weighted by Crippen LogP contribution is 2.40. The van der Waals surface area contributed by atoms with Gasteiger partial charge in [-0.1, -0.05) is 11.6 Å². The number of halogens is 4. The standard InChI is InChI=1S/C18H22ClF3N2O/c19-13-5-12(6-14(20)7-13)17(25)24-16-8-15(9-16)23-4-2-11-1-3-18(21,22)10-11/h5-7,11,15-16,23H,1-4,8-10H2,(H,24,25)/t11-,15?,16?/m1/s1. The van der Waals surface area contributed by atoms with Crippen molar-refractivity contribution >= 4 is 17.5 Å². The summed E-state index contributed by atoms with van der Waals surface area (Å²) in [6.07, 6.45) is 2.97. The van der Waals surface area contributed by atoms with Crippen molar-refractivity contribution in [1.82, 2.24) is 10.6 Å². The molecule has 25 heavy (non-hydrogen) atoms. The zero-order chi connectivity index (χ0) is 18.0. The second-order valence-electron chi connectivity index (χ2n) is 7.20. The molecule has 2 saturated carbocycles. The van der Waals surface area contributed by atoms with Crippen molar-refractivity contribution in [3.8, 4) is 0 Å². The van der Waals surface area contributed by atoms with Gasteiger partial charge in [0.1, 0.15) is 5.82 Å². The highest BCUT2D eigenvalue weighted by Gasteiger charge is 2.39. The van der Waals surface area contributed by atoms with Gasteiger partial charge in [-0.25, -0.2) is 13.2 Å². The second-order valence-corrected chi connectivity index (χ2v) is 7.64. The molecular weight excluding hydrogens is 353 g/mol. The Morgan fingerprint density at radius 2 is 2.00 bits per heavy atom. The van der Waals surface area contributed by atoms with E-state index >= 15 is 0 Å². The monoisotopic (exact) mass is 374 g/mol. The van der Waals surface area contributed by atoms with Crippen LogP contribution < -0.4 is 10.6 Å². The predicted octanol–water partition coefficient (Wildman–Crippen LogP) is 4.16. The van der Waals surface area contributed by atoms with Crippen molar-refractivity contribution in [2.24, 2.45) is 5.92 Å². The first-order valence-corrected chi connectivity index (χ1v) is 9.07. The number of carbonyl (C=O) groups excluding carboxylic acids is 1. The number of amides is 1. The van der Waals surface area contributed by atoms with E-state index in [2.05, 4.69) is 10.6 Å². The fourth-order valence-electron chi connectivity index (χ4n) is 3.64. The third-order valence-electron chi connectivity index (χ3n) is 5.09. The number of carbonyl (C=O) groups is 1. The third kappa shape index (κ3) is 5.11. The Bertz CT molecular complexity index is 614. The summed E-state index contributed by atoms with van der Waals surface area (Å²) in [6, 6.07) is 4.09. The van der Waals surface area contributed by atoms with Crippen molar-refractivity contribution in [2.75, 3.05) is 6.54 Å². The largest absolute Gasteiger partial charge is 0.349 e. The van der Waals surface area contributed by atoms with Crippen molar-refractivity contribution in [2.45, 2.75) is 56.5 Å². The minimum absolute atomic E-state index is 0.00816. The molecule has 0 bridgehead atoms. The van der Waals surface area contributed by atoms with E-state index in [1.54, 1.807) is 0 Å². The van der Waals surface area contributed by atoms with Crippen molar-refractivity contribution in [3.63, 3.8) is 0 Å². The normalized spacial score (nSPS) is 27.8. The van der Waals surface area contributed by atoms with Gasteiger partial charge in [-0.15, -0.1) is 0 Å². The summed E-state index contributed by atoms with van der Waals surface area (Å²) >= 11 is 5.75. The Kier molecular flexibility index (Phi) is 5.58. The highest BCUT2D eigenvalue weighted by atomic mass is 35.5. The molecule has 1 aromatic carbocycles. The smallest absolute Gasteiger partial charge is 0.251 e. The molecule has 138 valence electrons. The third-order valence-corrected chi connectivity index (χ3v) is 5.31. The molecule has 0 unspecified atom stereocenters. The molecule has 3 nitrogen and oxygen atoms in total. The lowest BCUT2D eigenvalue weighted by molar-refractivity contribution is 0.00469. The van der Waals surface area contributed by atoms with Crippen LogP contribution in [0.3, 0.4) is 0 Å². The molecule has 2 N–H and O–H groups in total. The molecule has 2 aliphatic rings. The van der Waals surface area contributed by atoms with E-state index in [4.69, 9.17) is 11.6 Å². The fourth-order valence-corrected chi connectivity index (χ4v) is 3.86. The maximum atomic E-state index is 13.3. The Balaban J connectivity index is 1.33. The van der Waals surface area contributed by atoms with Gasteiger partial charge in [-0.05, 0) is 56.3 Å². The van der Waals surface area contributed by atoms with Crippen LogP contribution in [-0.2, 0) is 0 Å². The van der Waals surface area contributed by atoms with Crippen LogP contribution in [-0.4, -0.2) is 30.5 Å². The molecule has 0 aromatic heterocycles. The van der Waals surface area contributed by atoms with Gasteiger partial charge in [0.2, 0.25) is 5.92 Å². The molecule has 0 aliphatic heterocycles. The first-order valence-electron chi connectivity index (χ1n) is 8.69. The van der Waals surface area contributed by atoms with Crippen LogP contribution in [0.15, 0.2) is 18.2 Å². The number of nitrogens with one attached hydrogen (secondary N) is 2. The summed E-state index contributed by atoms with van der Waals surface area (Å²) in [6.45, 7) is 0.728. The van der Waals surface area contributed by atoms with Crippen molar-refractivity contribution in [1.29, 1.82) is 0 Å². The molecule has 0 saturated heterocycles. The second kappa shape index (κ2) is 7.54. The minimum Gasteiger partial charge on any atom is -0.349 e. The lowest BCUT2D eigenvalue weighted by Gasteiger charge is -2.36. The summed E-state index contributed by atoms with van der Waals surface area (Å²) < 4.78 is 39.5. The average Bonchev–Trinajstić information content (AvgIpc) is 2.82. The number of hydrogen-bond donors (Lipinski definition) is 2. The van der Waals surface area contributed by atoms with Crippen molar-refractivity contribution < 1.29 is 18.0 Å². The maximum Gasteiger partial charge on any atom is 0.251 e. The maximum absolute atomic E-state index is 13.3. The topological polar surface area (TPSA) is 41.1 Å². The molecule has 0 spiro atoms. The quantitative estimate of drug-likeness (QED) is 0.785. The van der Waals surface area contributed by atoms with E-state index in [1.165, 1.54) is 6.07 Å². The van der Waals surface area contributed by atoms with E-state index in [-0.39, 0.29) is 41.3 Å². The lowest BCUT2D eigenvalue weighted by Crippen LogP contribution is -2.52. The number of benzene rings is 1. The Morgan fingerprint density at radius 3 is 2.64 bits per heavy atom. The van der Waals surface area contributed by atoms with Gasteiger partial charge in [0.05, 0.1) is 0 Å². The van der Waals surface area contributed by atoms with Gasteiger partial charge in [-0.3, -0.25) is 4.79 Å². The molecule has 2 aliphatic carbocycles. The first-order chi connectivity index (χ1) is 11.8. The number of alkyl halides is 2. The summed E-state index contributed by atoms with van der Waals surface area (Å²) in [5, 5.41) is 6.40. The molecule has 0 radical (unpaired) electrons. The summed E-state index contributed by atoms with van der Waals surface area (Å²) in [7, 11) is 0. The summed E-state index contributed by atoms with van der Waals surface area (Å²) in [5.74, 6) is -3.24. The van der Waals surface area contributed by atoms with Crippen LogP contribution in [0.5, 0.6) is 0 Å². The fraction of sp³-hybridized carbons (Fsp3) is 0.611. The van der Waals surface area contributed by atoms with Crippen LogP contribution in [0.25, 0.3) is 0 Å². The van der Waals surface area contributed by atoms with E-state index in [1.807, 2.05) is 0 Å². The van der Waals surface area contributed by atoms with Crippen LogP contribution in [0.4, 0.5) is 13.2 Å². The van der Waals surface area contributed by atoms with E-state index in [0.717, 1.165) is 37.9 Å². The van der Waals surface area contributed by atoms with Gasteiger partial charge in [0.25, 0.3) is 5.91 Å². The van der Waals surface area contributed by atoms with E-state index in [0.29, 0.717) is 12.5 Å². The van der Waals surface area contributed by atoms with Gasteiger partial charge >= 0.3 is 0 Å². The molecule has 0 heterocycles. The van der Waals surface area contributed by atoms with Crippen LogP contribution in [0, 0.1) is 11.7 Å². The molecule has 1 amide bonds. The number of rotatable bonds is 6. The molecule has 1 atom stereocenters. The van der Waals surface area contributed by atoms with Crippen molar-refractivity contribution in [3.05, 3.63) is 34.6 Å². The Labute approximate surface area is 150 Å². The zero-order valence-electron chi connectivity index (χ0n) is 13.8. The van der Waals surface area contributed by atoms with Crippen LogP contribution in [0.2, 0.25) is 5.02 Å². The summed E-state index contributed by atoms with van der Waals surface area (Å²) in [4.78, 5) is 12.1. The molecule has 3 rings (SSSR count). The van der Waals surface area contributed by atoms with Gasteiger partial charge < -0.3 is 10.6 Å². The number of hydrogen-bond acceptors (Lipinski definition) is 2. The Hall–Kier alpha value is -1.27. The van der Waals surface area contributed by atoms with Crippen LogP contribution in [0.1, 0.15) is 48.9 Å². The molecule has 1 aromatic rings. The highest BCUT2D eigenvalue weighted by molar-refractivity contribution is 6.31. The Morgan fingerprint density at radius 1 is 1.24 bits per heavy atom. The average molecular weight is 375 g/mol. The molecule has 2 fully saturated rings.